The fraction of sp³-hybridized carbons (Fsp3) is 0.0952. The Labute approximate surface area is 171 Å². The molecular formula is C21H16N2O6S. The van der Waals surface area contributed by atoms with E-state index in [0.29, 0.717) is 5.39 Å². The second kappa shape index (κ2) is 7.36. The van der Waals surface area contributed by atoms with Crippen LogP contribution in [0.3, 0.4) is 0 Å². The van der Waals surface area contributed by atoms with E-state index in [0.717, 1.165) is 10.3 Å². The van der Waals surface area contributed by atoms with E-state index in [1.807, 2.05) is 12.1 Å². The van der Waals surface area contributed by atoms with Gasteiger partial charge in [0, 0.05) is 0 Å². The van der Waals surface area contributed by atoms with Crippen LogP contribution in [0.5, 0.6) is 0 Å². The highest BCUT2D eigenvalue weighted by molar-refractivity contribution is 7.89. The lowest BCUT2D eigenvalue weighted by Crippen LogP contribution is -2.49. The highest BCUT2D eigenvalue weighted by Crippen LogP contribution is 2.28. The average Bonchev–Trinajstić information content (AvgIpc) is 2.97. The second-order valence-electron chi connectivity index (χ2n) is 6.78. The molecule has 1 aliphatic heterocycles. The van der Waals surface area contributed by atoms with Gasteiger partial charge in [-0.05, 0) is 35.0 Å². The molecule has 30 heavy (non-hydrogen) atoms. The Bertz CT molecular complexity index is 1300. The van der Waals surface area contributed by atoms with Crippen molar-refractivity contribution in [2.24, 2.45) is 0 Å². The number of aliphatic carboxylic acids is 1. The zero-order valence-corrected chi connectivity index (χ0v) is 16.3. The molecule has 0 aromatic heterocycles. The molecule has 4 rings (SSSR count). The lowest BCUT2D eigenvalue weighted by molar-refractivity contribution is -0.138. The summed E-state index contributed by atoms with van der Waals surface area (Å²) < 4.78 is 27.8. The van der Waals surface area contributed by atoms with Crippen molar-refractivity contribution >= 4 is 44.1 Å². The minimum Gasteiger partial charge on any atom is -0.480 e. The molecule has 152 valence electrons. The van der Waals surface area contributed by atoms with Gasteiger partial charge in [0.2, 0.25) is 10.0 Å². The molecule has 1 atom stereocenters. The van der Waals surface area contributed by atoms with E-state index in [9.17, 15) is 27.9 Å². The Balaban J connectivity index is 1.63. The molecule has 3 aromatic rings. The number of fused-ring (bicyclic) bond motifs is 2. The van der Waals surface area contributed by atoms with Gasteiger partial charge in [-0.3, -0.25) is 14.4 Å². The summed E-state index contributed by atoms with van der Waals surface area (Å²) in [5.41, 5.74) is 0.410. The van der Waals surface area contributed by atoms with Crippen molar-refractivity contribution in [1.29, 1.82) is 0 Å². The van der Waals surface area contributed by atoms with Crippen molar-refractivity contribution in [1.82, 2.24) is 4.72 Å². The molecular weight excluding hydrogens is 408 g/mol. The Hall–Kier alpha value is -3.56. The summed E-state index contributed by atoms with van der Waals surface area (Å²) >= 11 is 0. The number of hydrogen-bond acceptors (Lipinski definition) is 5. The van der Waals surface area contributed by atoms with Gasteiger partial charge in [0.15, 0.2) is 0 Å². The molecule has 0 radical (unpaired) electrons. The van der Waals surface area contributed by atoms with Crippen molar-refractivity contribution in [2.45, 2.75) is 10.9 Å². The van der Waals surface area contributed by atoms with Crippen molar-refractivity contribution in [3.63, 3.8) is 0 Å². The van der Waals surface area contributed by atoms with Gasteiger partial charge in [-0.15, -0.1) is 0 Å². The summed E-state index contributed by atoms with van der Waals surface area (Å²) in [6.07, 6.45) is 0. The maximum absolute atomic E-state index is 12.8. The van der Waals surface area contributed by atoms with Crippen molar-refractivity contribution in [2.75, 3.05) is 11.4 Å². The molecule has 0 saturated heterocycles. The highest BCUT2D eigenvalue weighted by Gasteiger charge is 2.39. The molecule has 1 heterocycles. The SMILES string of the molecule is O=C1C(=O)N(C[C@@H](NS(=O)(=O)c2ccc3ccccc3c2)C(=O)O)c2ccccc21. The normalized spacial score (nSPS) is 14.7. The Kier molecular flexibility index (Phi) is 4.84. The molecule has 0 aliphatic carbocycles. The molecule has 9 heteroatoms. The van der Waals surface area contributed by atoms with Gasteiger partial charge >= 0.3 is 5.97 Å². The molecule has 8 nitrogen and oxygen atoms in total. The lowest BCUT2D eigenvalue weighted by atomic mass is 10.1. The van der Waals surface area contributed by atoms with Crippen molar-refractivity contribution in [3.05, 3.63) is 72.3 Å². The number of ketones is 1. The van der Waals surface area contributed by atoms with E-state index in [1.54, 1.807) is 30.3 Å². The number of para-hydroxylation sites is 1. The third-order valence-corrected chi connectivity index (χ3v) is 6.34. The molecule has 1 aliphatic rings. The van der Waals surface area contributed by atoms with Crippen LogP contribution in [0.4, 0.5) is 5.69 Å². The number of carboxylic acid groups (broad SMARTS) is 1. The number of sulfonamides is 1. The third-order valence-electron chi connectivity index (χ3n) is 4.87. The van der Waals surface area contributed by atoms with Gasteiger partial charge in [0.25, 0.3) is 11.7 Å². The van der Waals surface area contributed by atoms with E-state index in [2.05, 4.69) is 4.72 Å². The fourth-order valence-electron chi connectivity index (χ4n) is 3.37. The summed E-state index contributed by atoms with van der Waals surface area (Å²) in [4.78, 5) is 37.1. The number of amides is 1. The monoisotopic (exact) mass is 424 g/mol. The fourth-order valence-corrected chi connectivity index (χ4v) is 4.58. The van der Waals surface area contributed by atoms with Crippen LogP contribution >= 0.6 is 0 Å². The predicted molar refractivity (Wildman–Crippen MR) is 109 cm³/mol. The Morgan fingerprint density at radius 2 is 1.63 bits per heavy atom. The number of carbonyl (C=O) groups excluding carboxylic acids is 2. The molecule has 2 N–H and O–H groups in total. The number of nitrogens with one attached hydrogen (secondary N) is 1. The standard InChI is InChI=1S/C21H16N2O6S/c24-19-16-7-3-4-8-18(16)23(20(19)25)12-17(21(26)27)22-30(28,29)15-10-9-13-5-1-2-6-14(13)11-15/h1-11,17,22H,12H2,(H,26,27)/t17-/m1/s1. The first-order valence-electron chi connectivity index (χ1n) is 8.97. The predicted octanol–water partition coefficient (Wildman–Crippen LogP) is 1.80. The van der Waals surface area contributed by atoms with Crippen LogP contribution in [0.2, 0.25) is 0 Å². The number of benzene rings is 3. The van der Waals surface area contributed by atoms with Crippen LogP contribution in [-0.2, 0) is 19.6 Å². The number of carboxylic acids is 1. The Morgan fingerprint density at radius 1 is 0.967 bits per heavy atom. The number of anilines is 1. The number of Topliss-reactive ketones (excluding diaryl/α,β-unsaturated/α-hetero) is 1. The van der Waals surface area contributed by atoms with E-state index in [1.165, 1.54) is 24.3 Å². The van der Waals surface area contributed by atoms with E-state index in [-0.39, 0.29) is 16.1 Å². The van der Waals surface area contributed by atoms with E-state index >= 15 is 0 Å². The van der Waals surface area contributed by atoms with Gasteiger partial charge in [-0.1, -0.05) is 42.5 Å². The summed E-state index contributed by atoms with van der Waals surface area (Å²) in [6, 6.07) is 16.1. The van der Waals surface area contributed by atoms with Crippen LogP contribution in [0.15, 0.2) is 71.6 Å². The maximum Gasteiger partial charge on any atom is 0.323 e. The molecule has 0 spiro atoms. The zero-order valence-electron chi connectivity index (χ0n) is 15.5. The zero-order chi connectivity index (χ0) is 21.5. The summed E-state index contributed by atoms with van der Waals surface area (Å²) in [5.74, 6) is -3.12. The number of carbonyl (C=O) groups is 3. The molecule has 1 amide bonds. The van der Waals surface area contributed by atoms with Gasteiger partial charge in [-0.25, -0.2) is 8.42 Å². The highest BCUT2D eigenvalue weighted by atomic mass is 32.2. The van der Waals surface area contributed by atoms with Crippen LogP contribution in [0.25, 0.3) is 10.8 Å². The third kappa shape index (κ3) is 3.44. The molecule has 0 bridgehead atoms. The first-order valence-corrected chi connectivity index (χ1v) is 10.5. The minimum atomic E-state index is -4.20. The van der Waals surface area contributed by atoms with Crippen LogP contribution in [-0.4, -0.2) is 43.8 Å². The first kappa shape index (κ1) is 19.7. The van der Waals surface area contributed by atoms with E-state index < -0.39 is 40.3 Å². The minimum absolute atomic E-state index is 0.100. The molecule has 0 unspecified atom stereocenters. The topological polar surface area (TPSA) is 121 Å². The maximum atomic E-state index is 12.8. The van der Waals surface area contributed by atoms with Gasteiger partial charge in [-0.2, -0.15) is 4.72 Å². The van der Waals surface area contributed by atoms with Gasteiger partial charge < -0.3 is 10.0 Å². The van der Waals surface area contributed by atoms with Gasteiger partial charge in [0.05, 0.1) is 22.7 Å². The van der Waals surface area contributed by atoms with E-state index in [4.69, 9.17) is 0 Å². The second-order valence-corrected chi connectivity index (χ2v) is 8.50. The van der Waals surface area contributed by atoms with Crippen LogP contribution in [0.1, 0.15) is 10.4 Å². The summed E-state index contributed by atoms with van der Waals surface area (Å²) in [6.45, 7) is -0.524. The van der Waals surface area contributed by atoms with Crippen LogP contribution < -0.4 is 9.62 Å². The summed E-state index contributed by atoms with van der Waals surface area (Å²) in [7, 11) is -4.20. The quantitative estimate of drug-likeness (QED) is 0.582. The molecule has 0 fully saturated rings. The molecule has 0 saturated carbocycles. The lowest BCUT2D eigenvalue weighted by Gasteiger charge is -2.22. The number of hydrogen-bond donors (Lipinski definition) is 2. The number of rotatable bonds is 6. The summed E-state index contributed by atoms with van der Waals surface area (Å²) in [5, 5.41) is 11.1. The van der Waals surface area contributed by atoms with Crippen LogP contribution in [0, 0.1) is 0 Å². The first-order chi connectivity index (χ1) is 14.3. The van der Waals surface area contributed by atoms with Crippen molar-refractivity contribution in [3.8, 4) is 0 Å². The largest absolute Gasteiger partial charge is 0.480 e. The van der Waals surface area contributed by atoms with Crippen molar-refractivity contribution < 1.29 is 27.9 Å². The molecule has 3 aromatic carbocycles. The Morgan fingerprint density at radius 3 is 2.37 bits per heavy atom. The smallest absolute Gasteiger partial charge is 0.323 e. The number of nitrogens with zero attached hydrogens (tertiary/aromatic N) is 1. The average molecular weight is 424 g/mol. The van der Waals surface area contributed by atoms with Gasteiger partial charge in [0.1, 0.15) is 6.04 Å².